The van der Waals surface area contributed by atoms with Crippen molar-refractivity contribution in [3.63, 3.8) is 0 Å². The lowest BCUT2D eigenvalue weighted by Gasteiger charge is -2.18. The minimum absolute atomic E-state index is 0.0670. The second kappa shape index (κ2) is 6.23. The van der Waals surface area contributed by atoms with Crippen LogP contribution in [0.2, 0.25) is 0 Å². The lowest BCUT2D eigenvalue weighted by Crippen LogP contribution is -2.22. The van der Waals surface area contributed by atoms with Crippen molar-refractivity contribution in [3.8, 4) is 5.75 Å². The minimum Gasteiger partial charge on any atom is -0.496 e. The number of hydrogen-bond donors (Lipinski definition) is 1. The largest absolute Gasteiger partial charge is 0.496 e. The number of halogens is 3. The van der Waals surface area contributed by atoms with Gasteiger partial charge in [0.1, 0.15) is 17.0 Å². The van der Waals surface area contributed by atoms with Gasteiger partial charge in [-0.05, 0) is 27.2 Å². The van der Waals surface area contributed by atoms with E-state index in [1.54, 1.807) is 6.92 Å². The molecule has 3 unspecified atom stereocenters. The van der Waals surface area contributed by atoms with E-state index >= 15 is 0 Å². The number of aryl methyl sites for hydroxylation is 1. The first-order chi connectivity index (χ1) is 14.2. The zero-order valence-corrected chi connectivity index (χ0v) is 16.9. The quantitative estimate of drug-likeness (QED) is 0.696. The van der Waals surface area contributed by atoms with Crippen molar-refractivity contribution in [1.82, 2.24) is 29.5 Å². The second-order valence-electron chi connectivity index (χ2n) is 7.93. The third-order valence-electron chi connectivity index (χ3n) is 5.91. The van der Waals surface area contributed by atoms with E-state index in [0.29, 0.717) is 11.3 Å². The Balaban J connectivity index is 1.51. The summed E-state index contributed by atoms with van der Waals surface area (Å²) in [5.74, 6) is 1.58. The molecular formula is C20H21F3N6O. The van der Waals surface area contributed by atoms with Gasteiger partial charge in [0.25, 0.3) is 0 Å². The maximum absolute atomic E-state index is 13.4. The average molecular weight is 418 g/mol. The predicted molar refractivity (Wildman–Crippen MR) is 103 cm³/mol. The van der Waals surface area contributed by atoms with Gasteiger partial charge in [0.2, 0.25) is 0 Å². The highest BCUT2D eigenvalue weighted by Gasteiger charge is 2.46. The van der Waals surface area contributed by atoms with Crippen molar-refractivity contribution in [2.45, 2.75) is 51.2 Å². The van der Waals surface area contributed by atoms with Crippen LogP contribution in [0.1, 0.15) is 66.7 Å². The van der Waals surface area contributed by atoms with Gasteiger partial charge in [-0.1, -0.05) is 0 Å². The van der Waals surface area contributed by atoms with Gasteiger partial charge in [0.15, 0.2) is 11.6 Å². The number of hydrogen-bond acceptors (Lipinski definition) is 5. The fourth-order valence-electron chi connectivity index (χ4n) is 4.14. The number of nitrogens with one attached hydrogen (secondary N) is 1. The second-order valence-corrected chi connectivity index (χ2v) is 7.93. The fourth-order valence-corrected chi connectivity index (χ4v) is 4.14. The number of fused-ring (bicyclic) bond motifs is 2. The van der Waals surface area contributed by atoms with Crippen molar-refractivity contribution in [2.75, 3.05) is 7.11 Å². The van der Waals surface area contributed by atoms with E-state index in [1.165, 1.54) is 17.6 Å². The molecule has 158 valence electrons. The van der Waals surface area contributed by atoms with E-state index in [1.807, 2.05) is 24.7 Å². The molecule has 3 aromatic rings. The highest BCUT2D eigenvalue weighted by molar-refractivity contribution is 5.53. The summed E-state index contributed by atoms with van der Waals surface area (Å²) < 4.78 is 48.5. The van der Waals surface area contributed by atoms with Gasteiger partial charge in [0, 0.05) is 36.0 Å². The summed E-state index contributed by atoms with van der Waals surface area (Å²) in [4.78, 5) is 9.35. The summed E-state index contributed by atoms with van der Waals surface area (Å²) in [5, 5.41) is 7.93. The molecule has 30 heavy (non-hydrogen) atoms. The van der Waals surface area contributed by atoms with Gasteiger partial charge in [-0.3, -0.25) is 0 Å². The number of pyridine rings is 1. The highest BCUT2D eigenvalue weighted by atomic mass is 19.4. The molecule has 0 radical (unpaired) electrons. The van der Waals surface area contributed by atoms with Crippen LogP contribution in [0.4, 0.5) is 13.2 Å². The van der Waals surface area contributed by atoms with Crippen LogP contribution in [0, 0.1) is 6.92 Å². The summed E-state index contributed by atoms with van der Waals surface area (Å²) in [5.41, 5.74) is 2.07. The van der Waals surface area contributed by atoms with Crippen molar-refractivity contribution in [2.24, 2.45) is 0 Å². The molecule has 2 aliphatic rings. The Hall–Kier alpha value is -3.04. The van der Waals surface area contributed by atoms with Gasteiger partial charge >= 0.3 is 6.18 Å². The molecule has 1 N–H and O–H groups in total. The Labute approximate surface area is 170 Å². The monoisotopic (exact) mass is 418 g/mol. The van der Waals surface area contributed by atoms with Crippen molar-refractivity contribution in [1.29, 1.82) is 0 Å². The maximum Gasteiger partial charge on any atom is 0.421 e. The lowest BCUT2D eigenvalue weighted by atomic mass is 10.2. The van der Waals surface area contributed by atoms with E-state index in [-0.39, 0.29) is 23.6 Å². The molecule has 1 saturated carbocycles. The molecule has 1 aliphatic heterocycles. The fraction of sp³-hybridized carbons (Fsp3) is 0.450. The molecule has 0 amide bonds. The molecule has 4 heterocycles. The van der Waals surface area contributed by atoms with Crippen LogP contribution < -0.4 is 10.1 Å². The first-order valence-corrected chi connectivity index (χ1v) is 9.73. The Morgan fingerprint density at radius 2 is 1.97 bits per heavy atom. The molecule has 1 fully saturated rings. The summed E-state index contributed by atoms with van der Waals surface area (Å²) in [6.45, 7) is 5.78. The minimum atomic E-state index is -4.51. The van der Waals surface area contributed by atoms with Gasteiger partial charge in [0.05, 0.1) is 24.5 Å². The van der Waals surface area contributed by atoms with Crippen molar-refractivity contribution >= 4 is 11.3 Å². The molecule has 3 atom stereocenters. The van der Waals surface area contributed by atoms with Gasteiger partial charge in [-0.25, -0.2) is 14.6 Å². The normalized spacial score (nSPS) is 23.2. The van der Waals surface area contributed by atoms with Crippen LogP contribution in [-0.4, -0.2) is 31.3 Å². The zero-order chi connectivity index (χ0) is 21.4. The predicted octanol–water partition coefficient (Wildman–Crippen LogP) is 4.02. The topological polar surface area (TPSA) is 69.3 Å². The SMILES string of the molecule is COc1cc2nc(C3CC3c3nc4n(n3)C(C)=CNC4C)c(C)n2cc1C(F)(F)F. The van der Waals surface area contributed by atoms with E-state index in [4.69, 9.17) is 9.72 Å². The lowest BCUT2D eigenvalue weighted by molar-refractivity contribution is -0.139. The molecule has 0 saturated heterocycles. The Morgan fingerprint density at radius 3 is 2.63 bits per heavy atom. The van der Waals surface area contributed by atoms with Crippen molar-refractivity contribution < 1.29 is 17.9 Å². The number of methoxy groups -OCH3 is 1. The smallest absolute Gasteiger partial charge is 0.421 e. The number of ether oxygens (including phenoxy) is 1. The number of allylic oxidation sites excluding steroid dienone is 1. The Morgan fingerprint density at radius 1 is 1.20 bits per heavy atom. The van der Waals surface area contributed by atoms with Gasteiger partial charge in [-0.15, -0.1) is 0 Å². The summed E-state index contributed by atoms with van der Waals surface area (Å²) in [7, 11) is 1.23. The van der Waals surface area contributed by atoms with E-state index in [2.05, 4.69) is 15.4 Å². The number of rotatable bonds is 3. The number of alkyl halides is 3. The van der Waals surface area contributed by atoms with Crippen LogP contribution in [0.15, 0.2) is 18.5 Å². The molecule has 0 aromatic carbocycles. The molecule has 3 aromatic heterocycles. The van der Waals surface area contributed by atoms with Crippen LogP contribution in [-0.2, 0) is 6.18 Å². The molecule has 7 nitrogen and oxygen atoms in total. The van der Waals surface area contributed by atoms with Crippen LogP contribution in [0.25, 0.3) is 11.3 Å². The van der Waals surface area contributed by atoms with Gasteiger partial charge < -0.3 is 14.5 Å². The summed E-state index contributed by atoms with van der Waals surface area (Å²) in [6.07, 6.45) is -0.707. The molecule has 5 rings (SSSR count). The van der Waals surface area contributed by atoms with E-state index in [0.717, 1.165) is 35.7 Å². The van der Waals surface area contributed by atoms with E-state index < -0.39 is 11.7 Å². The maximum atomic E-state index is 13.4. The van der Waals surface area contributed by atoms with Crippen LogP contribution in [0.5, 0.6) is 5.75 Å². The third kappa shape index (κ3) is 2.77. The number of imidazole rings is 1. The standard InChI is InChI=1S/C20H21F3N6O/c1-9-7-24-10(2)19-26-18(27-29(9)19)13-5-12(13)17-11(3)28-8-14(20(21,22)23)15(30-4)6-16(28)25-17/h6-8,10,12-13,24H,5H2,1-4H3. The molecule has 0 bridgehead atoms. The van der Waals surface area contributed by atoms with Gasteiger partial charge in [-0.2, -0.15) is 18.3 Å². The molecule has 10 heteroatoms. The van der Waals surface area contributed by atoms with E-state index in [9.17, 15) is 13.2 Å². The third-order valence-corrected chi connectivity index (χ3v) is 5.91. The molecular weight excluding hydrogens is 397 g/mol. The Bertz CT molecular complexity index is 1190. The molecule has 1 aliphatic carbocycles. The molecule has 0 spiro atoms. The summed E-state index contributed by atoms with van der Waals surface area (Å²) in [6, 6.07) is 1.41. The average Bonchev–Trinajstić information content (AvgIpc) is 3.23. The Kier molecular flexibility index (Phi) is 3.93. The first-order valence-electron chi connectivity index (χ1n) is 9.73. The van der Waals surface area contributed by atoms with Crippen LogP contribution in [0.3, 0.4) is 0 Å². The zero-order valence-electron chi connectivity index (χ0n) is 16.9. The number of aromatic nitrogens is 5. The first kappa shape index (κ1) is 19.0. The number of nitrogens with zero attached hydrogens (tertiary/aromatic N) is 5. The van der Waals surface area contributed by atoms with Crippen LogP contribution >= 0.6 is 0 Å². The highest BCUT2D eigenvalue weighted by Crippen LogP contribution is 2.54. The summed E-state index contributed by atoms with van der Waals surface area (Å²) >= 11 is 0. The van der Waals surface area contributed by atoms with Crippen molar-refractivity contribution in [3.05, 3.63) is 47.1 Å².